The third-order valence-electron chi connectivity index (χ3n) is 3.47. The third kappa shape index (κ3) is 4.38. The van der Waals surface area contributed by atoms with Crippen LogP contribution in [-0.4, -0.2) is 37.1 Å². The van der Waals surface area contributed by atoms with Crippen LogP contribution in [0, 0.1) is 0 Å². The van der Waals surface area contributed by atoms with E-state index >= 15 is 0 Å². The molecule has 23 heavy (non-hydrogen) atoms. The summed E-state index contributed by atoms with van der Waals surface area (Å²) in [6, 6.07) is 1.65. The molecule has 0 radical (unpaired) electrons. The number of carbonyl (C=O) groups is 2. The molecule has 0 aliphatic heterocycles. The van der Waals surface area contributed by atoms with Crippen LogP contribution in [0.15, 0.2) is 16.8 Å². The number of amides is 1. The van der Waals surface area contributed by atoms with Gasteiger partial charge in [0.15, 0.2) is 0 Å². The van der Waals surface area contributed by atoms with E-state index in [1.54, 1.807) is 6.07 Å². The molecule has 2 heterocycles. The Labute approximate surface area is 132 Å². The third-order valence-corrected chi connectivity index (χ3v) is 3.47. The van der Waals surface area contributed by atoms with Crippen molar-refractivity contribution in [1.29, 1.82) is 0 Å². The van der Waals surface area contributed by atoms with Crippen molar-refractivity contribution < 1.29 is 19.2 Å². The lowest BCUT2D eigenvalue weighted by atomic mass is 9.99. The molecule has 9 heteroatoms. The van der Waals surface area contributed by atoms with Crippen molar-refractivity contribution in [2.75, 3.05) is 0 Å². The van der Waals surface area contributed by atoms with Gasteiger partial charge in [-0.15, -0.1) is 5.10 Å². The Morgan fingerprint density at radius 1 is 1.39 bits per heavy atom. The molecule has 0 fully saturated rings. The van der Waals surface area contributed by atoms with Gasteiger partial charge in [0.1, 0.15) is 12.2 Å². The van der Waals surface area contributed by atoms with Gasteiger partial charge in [-0.2, -0.15) is 0 Å². The molecule has 0 unspecified atom stereocenters. The molecule has 0 saturated carbocycles. The van der Waals surface area contributed by atoms with Crippen molar-refractivity contribution in [1.82, 2.24) is 25.5 Å². The predicted octanol–water partition coefficient (Wildman–Crippen LogP) is 1.18. The Morgan fingerprint density at radius 2 is 2.13 bits per heavy atom. The second-order valence-corrected chi connectivity index (χ2v) is 5.11. The van der Waals surface area contributed by atoms with Gasteiger partial charge in [0.2, 0.25) is 5.76 Å². The molecular weight excluding hydrogens is 302 g/mol. The highest BCUT2D eigenvalue weighted by Gasteiger charge is 2.17. The number of hydrogen-bond acceptors (Lipinski definition) is 6. The standard InChI is InChI=1S/C14H19N5O4/c1-3-9(4-2)11-5-12(23-17-11)14(22)15-6-10-7-19(18-16-10)8-13(20)21/h5,7,9H,3-4,6,8H2,1-2H3,(H,15,22)(H,20,21). The van der Waals surface area contributed by atoms with Crippen LogP contribution in [0.3, 0.4) is 0 Å². The molecule has 2 aromatic rings. The molecule has 1 amide bonds. The summed E-state index contributed by atoms with van der Waals surface area (Å²) in [7, 11) is 0. The molecule has 0 saturated heterocycles. The summed E-state index contributed by atoms with van der Waals surface area (Å²) in [5.41, 5.74) is 1.23. The zero-order valence-corrected chi connectivity index (χ0v) is 13.0. The smallest absolute Gasteiger partial charge is 0.325 e. The second kappa shape index (κ2) is 7.52. The average Bonchev–Trinajstić information content (AvgIpc) is 3.15. The van der Waals surface area contributed by atoms with Gasteiger partial charge in [0, 0.05) is 12.0 Å². The minimum Gasteiger partial charge on any atom is -0.480 e. The Balaban J connectivity index is 1.92. The second-order valence-electron chi connectivity index (χ2n) is 5.11. The maximum atomic E-state index is 12.0. The Morgan fingerprint density at radius 3 is 2.78 bits per heavy atom. The molecule has 0 atom stereocenters. The van der Waals surface area contributed by atoms with Gasteiger partial charge in [0.25, 0.3) is 5.91 Å². The molecule has 0 aliphatic carbocycles. The maximum Gasteiger partial charge on any atom is 0.325 e. The molecule has 0 aromatic carbocycles. The molecule has 0 aliphatic rings. The van der Waals surface area contributed by atoms with Crippen molar-refractivity contribution in [2.24, 2.45) is 0 Å². The van der Waals surface area contributed by atoms with Crippen LogP contribution in [0.4, 0.5) is 0 Å². The SMILES string of the molecule is CCC(CC)c1cc(C(=O)NCc2cn(CC(=O)O)nn2)on1. The summed E-state index contributed by atoms with van der Waals surface area (Å²) in [5.74, 6) is -0.996. The lowest BCUT2D eigenvalue weighted by Crippen LogP contribution is -2.22. The van der Waals surface area contributed by atoms with Crippen LogP contribution >= 0.6 is 0 Å². The van der Waals surface area contributed by atoms with Gasteiger partial charge in [0.05, 0.1) is 18.4 Å². The first kappa shape index (κ1) is 16.7. The first-order valence-corrected chi connectivity index (χ1v) is 7.39. The highest BCUT2D eigenvalue weighted by atomic mass is 16.5. The van der Waals surface area contributed by atoms with Gasteiger partial charge in [-0.3, -0.25) is 9.59 Å². The summed E-state index contributed by atoms with van der Waals surface area (Å²) in [4.78, 5) is 22.6. The number of nitrogens with zero attached hydrogens (tertiary/aromatic N) is 4. The largest absolute Gasteiger partial charge is 0.480 e. The van der Waals surface area contributed by atoms with E-state index in [9.17, 15) is 9.59 Å². The monoisotopic (exact) mass is 321 g/mol. The van der Waals surface area contributed by atoms with E-state index in [2.05, 4.69) is 34.6 Å². The first-order valence-electron chi connectivity index (χ1n) is 7.39. The minimum atomic E-state index is -1.01. The number of carboxylic acid groups (broad SMARTS) is 1. The van der Waals surface area contributed by atoms with E-state index in [4.69, 9.17) is 9.63 Å². The molecule has 2 aromatic heterocycles. The lowest BCUT2D eigenvalue weighted by Gasteiger charge is -2.05. The number of aromatic nitrogens is 4. The normalized spacial score (nSPS) is 10.9. The van der Waals surface area contributed by atoms with Gasteiger partial charge in [-0.25, -0.2) is 4.68 Å². The van der Waals surface area contributed by atoms with E-state index in [0.29, 0.717) is 5.69 Å². The van der Waals surface area contributed by atoms with E-state index in [1.165, 1.54) is 10.9 Å². The van der Waals surface area contributed by atoms with E-state index in [1.807, 2.05) is 0 Å². The zero-order valence-electron chi connectivity index (χ0n) is 13.0. The van der Waals surface area contributed by atoms with Crippen LogP contribution in [0.2, 0.25) is 0 Å². The van der Waals surface area contributed by atoms with Crippen molar-refractivity contribution >= 4 is 11.9 Å². The number of carbonyl (C=O) groups excluding carboxylic acids is 1. The summed E-state index contributed by atoms with van der Waals surface area (Å²) in [5, 5.41) is 22.7. The Hall–Kier alpha value is -2.71. The molecule has 9 nitrogen and oxygen atoms in total. The van der Waals surface area contributed by atoms with E-state index in [0.717, 1.165) is 18.5 Å². The summed E-state index contributed by atoms with van der Waals surface area (Å²) in [6.07, 6.45) is 3.32. The van der Waals surface area contributed by atoms with Crippen LogP contribution in [-0.2, 0) is 17.9 Å². The number of carboxylic acids is 1. The Kier molecular flexibility index (Phi) is 5.45. The molecule has 124 valence electrons. The zero-order chi connectivity index (χ0) is 16.8. The van der Waals surface area contributed by atoms with Crippen LogP contribution in [0.1, 0.15) is 54.5 Å². The van der Waals surface area contributed by atoms with Crippen molar-refractivity contribution in [3.05, 3.63) is 29.4 Å². The quantitative estimate of drug-likeness (QED) is 0.748. The number of hydrogen-bond donors (Lipinski definition) is 2. The number of rotatable bonds is 8. The maximum absolute atomic E-state index is 12.0. The summed E-state index contributed by atoms with van der Waals surface area (Å²) < 4.78 is 6.26. The fraction of sp³-hybridized carbons (Fsp3) is 0.500. The van der Waals surface area contributed by atoms with Crippen molar-refractivity contribution in [3.63, 3.8) is 0 Å². The van der Waals surface area contributed by atoms with Crippen molar-refractivity contribution in [2.45, 2.75) is 45.7 Å². The Bertz CT molecular complexity index is 674. The van der Waals surface area contributed by atoms with E-state index in [-0.39, 0.29) is 24.8 Å². The molecule has 2 rings (SSSR count). The van der Waals surface area contributed by atoms with Gasteiger partial charge >= 0.3 is 5.97 Å². The minimum absolute atomic E-state index is 0.124. The highest BCUT2D eigenvalue weighted by molar-refractivity contribution is 5.91. The molecule has 2 N–H and O–H groups in total. The van der Waals surface area contributed by atoms with Crippen LogP contribution in [0.5, 0.6) is 0 Å². The fourth-order valence-electron chi connectivity index (χ4n) is 2.19. The first-order chi connectivity index (χ1) is 11.0. The highest BCUT2D eigenvalue weighted by Crippen LogP contribution is 2.22. The van der Waals surface area contributed by atoms with Crippen LogP contribution in [0.25, 0.3) is 0 Å². The molecule has 0 bridgehead atoms. The molecular formula is C14H19N5O4. The van der Waals surface area contributed by atoms with Gasteiger partial charge in [-0.05, 0) is 12.8 Å². The number of nitrogens with one attached hydrogen (secondary N) is 1. The lowest BCUT2D eigenvalue weighted by molar-refractivity contribution is -0.137. The van der Waals surface area contributed by atoms with Crippen LogP contribution < -0.4 is 5.32 Å². The summed E-state index contributed by atoms with van der Waals surface area (Å²) in [6.45, 7) is 3.97. The van der Waals surface area contributed by atoms with Gasteiger partial charge < -0.3 is 14.9 Å². The van der Waals surface area contributed by atoms with Crippen molar-refractivity contribution in [3.8, 4) is 0 Å². The van der Waals surface area contributed by atoms with E-state index < -0.39 is 11.9 Å². The summed E-state index contributed by atoms with van der Waals surface area (Å²) >= 11 is 0. The number of aliphatic carboxylic acids is 1. The fourth-order valence-corrected chi connectivity index (χ4v) is 2.19. The predicted molar refractivity (Wildman–Crippen MR) is 78.7 cm³/mol. The topological polar surface area (TPSA) is 123 Å². The van der Waals surface area contributed by atoms with Gasteiger partial charge in [-0.1, -0.05) is 24.2 Å². The molecule has 0 spiro atoms. The average molecular weight is 321 g/mol.